The van der Waals surface area contributed by atoms with Gasteiger partial charge in [0, 0.05) is 23.2 Å². The molecule has 0 saturated carbocycles. The molecule has 1 aromatic rings. The number of hydrogen-bond donors (Lipinski definition) is 2. The first-order chi connectivity index (χ1) is 9.08. The number of amides is 1. The van der Waals surface area contributed by atoms with Gasteiger partial charge in [-0.2, -0.15) is 0 Å². The summed E-state index contributed by atoms with van der Waals surface area (Å²) in [5.74, 6) is -0.484. The van der Waals surface area contributed by atoms with Gasteiger partial charge >= 0.3 is 0 Å². The SMILES string of the molecule is NC(=O)C(NCC1CCCO1)c1cc(Cl)ccc1Cl. The van der Waals surface area contributed by atoms with E-state index in [9.17, 15) is 4.79 Å². The van der Waals surface area contributed by atoms with Gasteiger partial charge in [-0.05, 0) is 36.6 Å². The monoisotopic (exact) mass is 302 g/mol. The lowest BCUT2D eigenvalue weighted by atomic mass is 10.1. The maximum Gasteiger partial charge on any atom is 0.239 e. The molecule has 1 amide bonds. The Morgan fingerprint density at radius 1 is 1.53 bits per heavy atom. The first-order valence-electron chi connectivity index (χ1n) is 6.17. The van der Waals surface area contributed by atoms with Gasteiger partial charge in [-0.15, -0.1) is 0 Å². The molecule has 4 nitrogen and oxygen atoms in total. The lowest BCUT2D eigenvalue weighted by Gasteiger charge is -2.19. The van der Waals surface area contributed by atoms with Crippen LogP contribution in [-0.4, -0.2) is 25.2 Å². The van der Waals surface area contributed by atoms with Gasteiger partial charge in [-0.25, -0.2) is 0 Å². The number of nitrogens with one attached hydrogen (secondary N) is 1. The van der Waals surface area contributed by atoms with E-state index in [1.54, 1.807) is 18.2 Å². The van der Waals surface area contributed by atoms with E-state index in [0.717, 1.165) is 19.4 Å². The summed E-state index contributed by atoms with van der Waals surface area (Å²) in [6.07, 6.45) is 2.16. The fourth-order valence-electron chi connectivity index (χ4n) is 2.15. The standard InChI is InChI=1S/C13H16Cl2N2O2/c14-8-3-4-11(15)10(6-8)12(13(16)18)17-7-9-2-1-5-19-9/h3-4,6,9,12,17H,1-2,5,7H2,(H2,16,18). The average Bonchev–Trinajstić information content (AvgIpc) is 2.86. The summed E-state index contributed by atoms with van der Waals surface area (Å²) in [7, 11) is 0. The van der Waals surface area contributed by atoms with Crippen LogP contribution in [0.25, 0.3) is 0 Å². The van der Waals surface area contributed by atoms with Crippen LogP contribution in [0, 0.1) is 0 Å². The fourth-order valence-corrected chi connectivity index (χ4v) is 2.56. The molecule has 19 heavy (non-hydrogen) atoms. The highest BCUT2D eigenvalue weighted by atomic mass is 35.5. The second kappa shape index (κ2) is 6.57. The zero-order valence-electron chi connectivity index (χ0n) is 10.4. The number of nitrogens with two attached hydrogens (primary N) is 1. The van der Waals surface area contributed by atoms with Crippen molar-refractivity contribution in [2.24, 2.45) is 5.73 Å². The molecule has 1 aromatic carbocycles. The predicted octanol–water partition coefficient (Wildman–Crippen LogP) is 2.29. The third-order valence-electron chi connectivity index (χ3n) is 3.13. The van der Waals surface area contributed by atoms with E-state index < -0.39 is 11.9 Å². The van der Waals surface area contributed by atoms with Gasteiger partial charge in [0.05, 0.1) is 6.10 Å². The number of ether oxygens (including phenoxy) is 1. The Balaban J connectivity index is 2.10. The van der Waals surface area contributed by atoms with E-state index in [1.807, 2.05) is 0 Å². The minimum atomic E-state index is -0.657. The average molecular weight is 303 g/mol. The molecule has 0 spiro atoms. The van der Waals surface area contributed by atoms with Gasteiger partial charge in [0.2, 0.25) is 5.91 Å². The first kappa shape index (κ1) is 14.6. The van der Waals surface area contributed by atoms with Crippen LogP contribution in [0.3, 0.4) is 0 Å². The Kier molecular flexibility index (Phi) is 5.05. The summed E-state index contributed by atoms with van der Waals surface area (Å²) in [4.78, 5) is 11.6. The molecule has 1 aliphatic rings. The number of hydrogen-bond acceptors (Lipinski definition) is 3. The molecule has 1 saturated heterocycles. The van der Waals surface area contributed by atoms with Gasteiger partial charge in [0.25, 0.3) is 0 Å². The highest BCUT2D eigenvalue weighted by Gasteiger charge is 2.23. The van der Waals surface area contributed by atoms with Crippen LogP contribution in [0.4, 0.5) is 0 Å². The molecule has 0 bridgehead atoms. The Morgan fingerprint density at radius 2 is 2.32 bits per heavy atom. The van der Waals surface area contributed by atoms with E-state index in [0.29, 0.717) is 22.2 Å². The lowest BCUT2D eigenvalue weighted by molar-refractivity contribution is -0.120. The number of carbonyl (C=O) groups is 1. The predicted molar refractivity (Wildman–Crippen MR) is 75.4 cm³/mol. The van der Waals surface area contributed by atoms with Crippen molar-refractivity contribution < 1.29 is 9.53 Å². The van der Waals surface area contributed by atoms with Crippen molar-refractivity contribution in [1.82, 2.24) is 5.32 Å². The van der Waals surface area contributed by atoms with Crippen molar-refractivity contribution in [3.8, 4) is 0 Å². The highest BCUT2D eigenvalue weighted by Crippen LogP contribution is 2.26. The Bertz CT molecular complexity index is 462. The topological polar surface area (TPSA) is 64.4 Å². The quantitative estimate of drug-likeness (QED) is 0.877. The first-order valence-corrected chi connectivity index (χ1v) is 6.93. The smallest absolute Gasteiger partial charge is 0.239 e. The Hall–Kier alpha value is -0.810. The number of primary amides is 1. The molecule has 6 heteroatoms. The van der Waals surface area contributed by atoms with E-state index in [-0.39, 0.29) is 6.10 Å². The van der Waals surface area contributed by atoms with Gasteiger partial charge in [0.15, 0.2) is 0 Å². The largest absolute Gasteiger partial charge is 0.377 e. The van der Waals surface area contributed by atoms with E-state index in [2.05, 4.69) is 5.32 Å². The number of benzene rings is 1. The van der Waals surface area contributed by atoms with Crippen LogP contribution in [0.1, 0.15) is 24.4 Å². The van der Waals surface area contributed by atoms with Crippen molar-refractivity contribution in [3.05, 3.63) is 33.8 Å². The van der Waals surface area contributed by atoms with Crippen molar-refractivity contribution >= 4 is 29.1 Å². The third kappa shape index (κ3) is 3.83. The summed E-state index contributed by atoms with van der Waals surface area (Å²) >= 11 is 12.0. The summed E-state index contributed by atoms with van der Waals surface area (Å²) < 4.78 is 5.50. The molecule has 0 aromatic heterocycles. The molecular weight excluding hydrogens is 287 g/mol. The second-order valence-corrected chi connectivity index (χ2v) is 5.39. The fraction of sp³-hybridized carbons (Fsp3) is 0.462. The molecule has 1 heterocycles. The Morgan fingerprint density at radius 3 is 2.95 bits per heavy atom. The molecule has 2 rings (SSSR count). The number of carbonyl (C=O) groups excluding carboxylic acids is 1. The summed E-state index contributed by atoms with van der Waals surface area (Å²) in [5.41, 5.74) is 6.03. The van der Waals surface area contributed by atoms with Gasteiger partial charge < -0.3 is 10.5 Å². The summed E-state index contributed by atoms with van der Waals surface area (Å²) in [5, 5.41) is 4.09. The molecule has 0 radical (unpaired) electrons. The zero-order valence-corrected chi connectivity index (χ0v) is 11.9. The van der Waals surface area contributed by atoms with Crippen LogP contribution < -0.4 is 11.1 Å². The Labute approximate surface area is 122 Å². The third-order valence-corrected chi connectivity index (χ3v) is 3.71. The minimum absolute atomic E-state index is 0.125. The van der Waals surface area contributed by atoms with Gasteiger partial charge in [-0.3, -0.25) is 10.1 Å². The summed E-state index contributed by atoms with van der Waals surface area (Å²) in [6, 6.07) is 4.33. The molecule has 1 fully saturated rings. The molecule has 2 unspecified atom stereocenters. The normalized spacial score (nSPS) is 20.4. The maximum atomic E-state index is 11.6. The number of rotatable bonds is 5. The van der Waals surface area contributed by atoms with Crippen molar-refractivity contribution in [3.63, 3.8) is 0 Å². The van der Waals surface area contributed by atoms with Crippen molar-refractivity contribution in [2.75, 3.05) is 13.2 Å². The van der Waals surface area contributed by atoms with Crippen LogP contribution in [0.15, 0.2) is 18.2 Å². The van der Waals surface area contributed by atoms with Crippen molar-refractivity contribution in [2.45, 2.75) is 25.0 Å². The minimum Gasteiger partial charge on any atom is -0.377 e. The van der Waals surface area contributed by atoms with Crippen LogP contribution >= 0.6 is 23.2 Å². The molecular formula is C13H16Cl2N2O2. The second-order valence-electron chi connectivity index (χ2n) is 4.54. The maximum absolute atomic E-state index is 11.6. The zero-order chi connectivity index (χ0) is 13.8. The molecule has 1 aliphatic heterocycles. The lowest BCUT2D eigenvalue weighted by Crippen LogP contribution is -2.38. The summed E-state index contributed by atoms with van der Waals surface area (Å²) in [6.45, 7) is 1.34. The highest BCUT2D eigenvalue weighted by molar-refractivity contribution is 6.33. The van der Waals surface area contributed by atoms with E-state index in [1.165, 1.54) is 0 Å². The van der Waals surface area contributed by atoms with Crippen LogP contribution in [0.2, 0.25) is 10.0 Å². The van der Waals surface area contributed by atoms with Gasteiger partial charge in [0.1, 0.15) is 6.04 Å². The van der Waals surface area contributed by atoms with Crippen LogP contribution in [0.5, 0.6) is 0 Å². The van der Waals surface area contributed by atoms with Crippen molar-refractivity contribution in [1.29, 1.82) is 0 Å². The van der Waals surface area contributed by atoms with E-state index >= 15 is 0 Å². The molecule has 0 aliphatic carbocycles. The molecule has 3 N–H and O–H groups in total. The molecule has 104 valence electrons. The van der Waals surface area contributed by atoms with Crippen LogP contribution in [-0.2, 0) is 9.53 Å². The van der Waals surface area contributed by atoms with E-state index in [4.69, 9.17) is 33.7 Å². The van der Waals surface area contributed by atoms with Gasteiger partial charge in [-0.1, -0.05) is 23.2 Å². The number of halogens is 2. The molecule has 2 atom stereocenters.